The van der Waals surface area contributed by atoms with Gasteiger partial charge in [-0.25, -0.2) is 0 Å². The molecule has 1 atom stereocenters. The summed E-state index contributed by atoms with van der Waals surface area (Å²) in [6, 6.07) is 17.6. The molecule has 1 aromatic heterocycles. The van der Waals surface area contributed by atoms with Crippen LogP contribution in [0.25, 0.3) is 11.3 Å². The molecule has 4 rings (SSSR count). The number of hydrogen-bond acceptors (Lipinski definition) is 4. The normalized spacial score (nSPS) is 16.4. The van der Waals surface area contributed by atoms with Crippen molar-refractivity contribution in [3.8, 4) is 11.3 Å². The molecule has 1 saturated heterocycles. The van der Waals surface area contributed by atoms with Crippen LogP contribution in [0.2, 0.25) is 5.02 Å². The van der Waals surface area contributed by atoms with Crippen LogP contribution in [0.5, 0.6) is 0 Å². The second kappa shape index (κ2) is 8.84. The van der Waals surface area contributed by atoms with E-state index in [0.717, 1.165) is 47.7 Å². The fraction of sp³-hybridized carbons (Fsp3) is 0.292. The fourth-order valence-electron chi connectivity index (χ4n) is 3.86. The van der Waals surface area contributed by atoms with Crippen molar-refractivity contribution in [2.24, 2.45) is 5.92 Å². The van der Waals surface area contributed by atoms with Crippen molar-refractivity contribution in [3.05, 3.63) is 70.7 Å². The van der Waals surface area contributed by atoms with Gasteiger partial charge in [0.1, 0.15) is 0 Å². The number of piperidine rings is 1. The summed E-state index contributed by atoms with van der Waals surface area (Å²) in [5.74, 6) is 0.798. The van der Waals surface area contributed by atoms with Crippen molar-refractivity contribution < 1.29 is 4.79 Å². The summed E-state index contributed by atoms with van der Waals surface area (Å²) in [4.78, 5) is 15.0. The van der Waals surface area contributed by atoms with Crippen molar-refractivity contribution >= 4 is 29.0 Å². The fourth-order valence-corrected chi connectivity index (χ4v) is 3.98. The molecule has 1 unspecified atom stereocenters. The summed E-state index contributed by atoms with van der Waals surface area (Å²) in [5.41, 5.74) is 4.93. The predicted octanol–water partition coefficient (Wildman–Crippen LogP) is 5.27. The highest BCUT2D eigenvalue weighted by molar-refractivity contribution is 6.30. The van der Waals surface area contributed by atoms with Crippen molar-refractivity contribution in [2.75, 3.05) is 23.3 Å². The lowest BCUT2D eigenvalue weighted by molar-refractivity contribution is -0.120. The Morgan fingerprint density at radius 3 is 2.57 bits per heavy atom. The number of aryl methyl sites for hydroxylation is 2. The van der Waals surface area contributed by atoms with Crippen molar-refractivity contribution in [1.29, 1.82) is 0 Å². The average Bonchev–Trinajstić information content (AvgIpc) is 2.76. The SMILES string of the molecule is Cc1ccc(NC(=O)C2CCCN(c3ccc(-c4ccc(Cl)cc4)nn3)C2)c(C)c1. The summed E-state index contributed by atoms with van der Waals surface area (Å²) in [7, 11) is 0. The summed E-state index contributed by atoms with van der Waals surface area (Å²) >= 11 is 5.96. The topological polar surface area (TPSA) is 58.1 Å². The van der Waals surface area contributed by atoms with E-state index in [9.17, 15) is 4.79 Å². The Hall–Kier alpha value is -2.92. The summed E-state index contributed by atoms with van der Waals surface area (Å²) < 4.78 is 0. The Balaban J connectivity index is 1.43. The van der Waals surface area contributed by atoms with Gasteiger partial charge in [0, 0.05) is 29.4 Å². The van der Waals surface area contributed by atoms with Gasteiger partial charge >= 0.3 is 0 Å². The van der Waals surface area contributed by atoms with E-state index in [-0.39, 0.29) is 11.8 Å². The smallest absolute Gasteiger partial charge is 0.229 e. The van der Waals surface area contributed by atoms with Gasteiger partial charge in [0.05, 0.1) is 11.6 Å². The molecule has 0 aliphatic carbocycles. The highest BCUT2D eigenvalue weighted by Gasteiger charge is 2.27. The number of carbonyl (C=O) groups is 1. The van der Waals surface area contributed by atoms with Gasteiger partial charge in [0.25, 0.3) is 0 Å². The van der Waals surface area contributed by atoms with Gasteiger partial charge in [-0.3, -0.25) is 4.79 Å². The molecule has 2 heterocycles. The zero-order valence-electron chi connectivity index (χ0n) is 17.2. The molecule has 5 nitrogen and oxygen atoms in total. The summed E-state index contributed by atoms with van der Waals surface area (Å²) in [6.07, 6.45) is 1.83. The second-order valence-electron chi connectivity index (χ2n) is 7.88. The Morgan fingerprint density at radius 2 is 1.87 bits per heavy atom. The van der Waals surface area contributed by atoms with Crippen LogP contribution >= 0.6 is 11.6 Å². The van der Waals surface area contributed by atoms with Crippen molar-refractivity contribution in [1.82, 2.24) is 10.2 Å². The van der Waals surface area contributed by atoms with E-state index in [1.54, 1.807) is 0 Å². The van der Waals surface area contributed by atoms with Crippen molar-refractivity contribution in [2.45, 2.75) is 26.7 Å². The van der Waals surface area contributed by atoms with Gasteiger partial charge in [-0.1, -0.05) is 41.4 Å². The Bertz CT molecular complexity index is 1030. The van der Waals surface area contributed by atoms with Gasteiger partial charge < -0.3 is 10.2 Å². The van der Waals surface area contributed by atoms with Gasteiger partial charge in [-0.05, 0) is 62.6 Å². The first-order chi connectivity index (χ1) is 14.5. The number of nitrogens with zero attached hydrogens (tertiary/aromatic N) is 3. The molecule has 1 N–H and O–H groups in total. The zero-order valence-corrected chi connectivity index (χ0v) is 18.0. The molecular formula is C24H25ClN4O. The van der Waals surface area contributed by atoms with Gasteiger partial charge in [-0.2, -0.15) is 0 Å². The molecule has 1 aliphatic heterocycles. The molecule has 0 radical (unpaired) electrons. The lowest BCUT2D eigenvalue weighted by Gasteiger charge is -2.32. The minimum atomic E-state index is -0.0720. The number of anilines is 2. The molecule has 154 valence electrons. The highest BCUT2D eigenvalue weighted by atomic mass is 35.5. The van der Waals surface area contributed by atoms with E-state index in [2.05, 4.69) is 33.4 Å². The van der Waals surface area contributed by atoms with E-state index in [1.165, 1.54) is 5.56 Å². The van der Waals surface area contributed by atoms with Crippen molar-refractivity contribution in [3.63, 3.8) is 0 Å². The first-order valence-corrected chi connectivity index (χ1v) is 10.6. The third kappa shape index (κ3) is 4.62. The van der Waals surface area contributed by atoms with Crippen LogP contribution in [-0.4, -0.2) is 29.2 Å². The monoisotopic (exact) mass is 420 g/mol. The van der Waals surface area contributed by atoms with Gasteiger partial charge in [0.15, 0.2) is 5.82 Å². The second-order valence-corrected chi connectivity index (χ2v) is 8.31. The molecule has 0 saturated carbocycles. The lowest BCUT2D eigenvalue weighted by Crippen LogP contribution is -2.41. The molecule has 30 heavy (non-hydrogen) atoms. The standard InChI is InChI=1S/C24H25ClN4O/c1-16-5-10-21(17(2)14-16)26-24(30)19-4-3-13-29(15-19)23-12-11-22(27-28-23)18-6-8-20(25)9-7-18/h5-12,14,19H,3-4,13,15H2,1-2H3,(H,26,30). The Kier molecular flexibility index (Phi) is 6.00. The average molecular weight is 421 g/mol. The molecule has 0 spiro atoms. The summed E-state index contributed by atoms with van der Waals surface area (Å²) in [5, 5.41) is 12.6. The highest BCUT2D eigenvalue weighted by Crippen LogP contribution is 2.25. The zero-order chi connectivity index (χ0) is 21.1. The maximum atomic E-state index is 12.9. The predicted molar refractivity (Wildman–Crippen MR) is 122 cm³/mol. The van der Waals surface area contributed by atoms with E-state index in [1.807, 2.05) is 55.5 Å². The minimum Gasteiger partial charge on any atom is -0.354 e. The van der Waals surface area contributed by atoms with Crippen LogP contribution in [0, 0.1) is 19.8 Å². The van der Waals surface area contributed by atoms with E-state index in [4.69, 9.17) is 11.6 Å². The van der Waals surface area contributed by atoms with E-state index >= 15 is 0 Å². The third-order valence-corrected chi connectivity index (χ3v) is 5.80. The quantitative estimate of drug-likeness (QED) is 0.624. The van der Waals surface area contributed by atoms with Crippen LogP contribution in [0.15, 0.2) is 54.6 Å². The van der Waals surface area contributed by atoms with Gasteiger partial charge in [0.2, 0.25) is 5.91 Å². The largest absolute Gasteiger partial charge is 0.354 e. The number of halogens is 1. The number of rotatable bonds is 4. The maximum absolute atomic E-state index is 12.9. The number of aromatic nitrogens is 2. The molecule has 1 aliphatic rings. The number of carbonyl (C=O) groups excluding carboxylic acids is 1. The van der Waals surface area contributed by atoms with Crippen LogP contribution < -0.4 is 10.2 Å². The molecule has 0 bridgehead atoms. The number of amides is 1. The lowest BCUT2D eigenvalue weighted by atomic mass is 9.96. The number of benzene rings is 2. The molecule has 6 heteroatoms. The van der Waals surface area contributed by atoms with Crippen LogP contribution in [0.1, 0.15) is 24.0 Å². The molecule has 1 amide bonds. The summed E-state index contributed by atoms with van der Waals surface area (Å²) in [6.45, 7) is 5.60. The first kappa shape index (κ1) is 20.4. The van der Waals surface area contributed by atoms with E-state index in [0.29, 0.717) is 11.6 Å². The van der Waals surface area contributed by atoms with Crippen LogP contribution in [0.3, 0.4) is 0 Å². The van der Waals surface area contributed by atoms with E-state index < -0.39 is 0 Å². The number of nitrogens with one attached hydrogen (secondary N) is 1. The van der Waals surface area contributed by atoms with Crippen LogP contribution in [0.4, 0.5) is 11.5 Å². The Morgan fingerprint density at radius 1 is 1.07 bits per heavy atom. The molecule has 2 aromatic carbocycles. The minimum absolute atomic E-state index is 0.0670. The molecule has 1 fully saturated rings. The number of hydrogen-bond donors (Lipinski definition) is 1. The molecule has 3 aromatic rings. The Labute approximate surface area is 182 Å². The molecular weight excluding hydrogens is 396 g/mol. The maximum Gasteiger partial charge on any atom is 0.229 e. The van der Waals surface area contributed by atoms with Gasteiger partial charge in [-0.15, -0.1) is 10.2 Å². The third-order valence-electron chi connectivity index (χ3n) is 5.55. The van der Waals surface area contributed by atoms with Crippen LogP contribution in [-0.2, 0) is 4.79 Å². The first-order valence-electron chi connectivity index (χ1n) is 10.2.